The van der Waals surface area contributed by atoms with E-state index in [1.165, 1.54) is 0 Å². The van der Waals surface area contributed by atoms with Gasteiger partial charge in [-0.25, -0.2) is 9.97 Å². The molecule has 2 saturated heterocycles. The number of likely N-dealkylation sites (N-methyl/N-ethyl adjacent to an activating group) is 1. The van der Waals surface area contributed by atoms with E-state index in [0.717, 1.165) is 94.2 Å². The van der Waals surface area contributed by atoms with Crippen LogP contribution in [0.5, 0.6) is 0 Å². The average molecular weight is 780 g/mol. The van der Waals surface area contributed by atoms with Crippen LogP contribution < -0.4 is 0 Å². The summed E-state index contributed by atoms with van der Waals surface area (Å²) in [5.74, 6) is 1.50. The van der Waals surface area contributed by atoms with Crippen molar-refractivity contribution in [2.45, 2.75) is 49.7 Å². The molecule has 9 heteroatoms. The minimum absolute atomic E-state index is 0.0858. The standard InChI is InChI=1S/C50H49N7O2/c1-55(2)46(40-18-10-5-11-19-40)50(59)57-31-13-21-44(57)48-52-33-42(54-48)37-28-24-35(25-29-37)34-22-26-36(27-23-34)41-32-51-47(53-41)43-20-12-30-56(43)49(58)45(38-14-6-3-7-15-38)39-16-8-4-9-17-39/h3-11,14-19,22-29,32-33,43-46H,12-13,20-21,30-31H2,1-2H3,(H,51,53)(H,52,54)/t43-,44-,46+/m0/s1. The summed E-state index contributed by atoms with van der Waals surface area (Å²) in [4.78, 5) is 51.0. The minimum Gasteiger partial charge on any atom is -0.340 e. The number of carbonyl (C=O) groups is 2. The van der Waals surface area contributed by atoms with Crippen molar-refractivity contribution in [3.63, 3.8) is 0 Å². The highest BCUT2D eigenvalue weighted by molar-refractivity contribution is 5.88. The highest BCUT2D eigenvalue weighted by Crippen LogP contribution is 2.38. The van der Waals surface area contributed by atoms with E-state index >= 15 is 0 Å². The van der Waals surface area contributed by atoms with Gasteiger partial charge in [0.1, 0.15) is 17.7 Å². The molecule has 2 amide bonds. The van der Waals surface area contributed by atoms with Crippen molar-refractivity contribution in [2.24, 2.45) is 0 Å². The van der Waals surface area contributed by atoms with Crippen molar-refractivity contribution < 1.29 is 9.59 Å². The zero-order valence-electron chi connectivity index (χ0n) is 33.5. The van der Waals surface area contributed by atoms with Crippen molar-refractivity contribution >= 4 is 11.8 Å². The molecule has 0 radical (unpaired) electrons. The van der Waals surface area contributed by atoms with E-state index in [0.29, 0.717) is 6.54 Å². The predicted molar refractivity (Wildman–Crippen MR) is 232 cm³/mol. The lowest BCUT2D eigenvalue weighted by molar-refractivity contribution is -0.137. The monoisotopic (exact) mass is 779 g/mol. The summed E-state index contributed by atoms with van der Waals surface area (Å²) in [5, 5.41) is 0. The van der Waals surface area contributed by atoms with Crippen LogP contribution in [0.25, 0.3) is 33.6 Å². The summed E-state index contributed by atoms with van der Waals surface area (Å²) >= 11 is 0. The molecule has 2 aromatic heterocycles. The number of imidazole rings is 2. The highest BCUT2D eigenvalue weighted by Gasteiger charge is 2.38. The molecule has 9 nitrogen and oxygen atoms in total. The first-order valence-electron chi connectivity index (χ1n) is 20.7. The molecule has 3 atom stereocenters. The van der Waals surface area contributed by atoms with Crippen LogP contribution in [0, 0.1) is 0 Å². The quantitative estimate of drug-likeness (QED) is 0.136. The largest absolute Gasteiger partial charge is 0.340 e. The zero-order valence-corrected chi connectivity index (χ0v) is 33.5. The summed E-state index contributed by atoms with van der Waals surface area (Å²) in [6, 6.07) is 46.6. The summed E-state index contributed by atoms with van der Waals surface area (Å²) in [6.07, 6.45) is 7.39. The molecule has 0 unspecified atom stereocenters. The number of likely N-dealkylation sites (tertiary alicyclic amines) is 2. The van der Waals surface area contributed by atoms with E-state index in [2.05, 4.69) is 58.5 Å². The van der Waals surface area contributed by atoms with Crippen LogP contribution in [0.1, 0.15) is 78.1 Å². The molecule has 9 rings (SSSR count). The maximum atomic E-state index is 14.3. The maximum absolute atomic E-state index is 14.3. The van der Waals surface area contributed by atoms with Gasteiger partial charge in [0.25, 0.3) is 0 Å². The van der Waals surface area contributed by atoms with Crippen molar-refractivity contribution in [2.75, 3.05) is 27.2 Å². The van der Waals surface area contributed by atoms with Gasteiger partial charge in [-0.1, -0.05) is 140 Å². The van der Waals surface area contributed by atoms with Crippen LogP contribution in [0.2, 0.25) is 0 Å². The third kappa shape index (κ3) is 7.74. The van der Waals surface area contributed by atoms with E-state index in [1.807, 2.05) is 132 Å². The van der Waals surface area contributed by atoms with Crippen LogP contribution in [0.4, 0.5) is 0 Å². The molecule has 2 aliphatic rings. The van der Waals surface area contributed by atoms with Gasteiger partial charge < -0.3 is 19.8 Å². The van der Waals surface area contributed by atoms with Crippen molar-refractivity contribution in [3.8, 4) is 33.6 Å². The van der Waals surface area contributed by atoms with Gasteiger partial charge in [-0.3, -0.25) is 14.5 Å². The van der Waals surface area contributed by atoms with Gasteiger partial charge in [-0.15, -0.1) is 0 Å². The third-order valence-electron chi connectivity index (χ3n) is 12.0. The van der Waals surface area contributed by atoms with E-state index in [1.54, 1.807) is 0 Å². The van der Waals surface area contributed by atoms with E-state index in [-0.39, 0.29) is 35.9 Å². The van der Waals surface area contributed by atoms with Crippen LogP contribution in [-0.2, 0) is 9.59 Å². The van der Waals surface area contributed by atoms with Gasteiger partial charge in [-0.05, 0) is 78.7 Å². The molecule has 2 aliphatic heterocycles. The van der Waals surface area contributed by atoms with Crippen LogP contribution in [0.3, 0.4) is 0 Å². The topological polar surface area (TPSA) is 101 Å². The molecule has 5 aromatic carbocycles. The lowest BCUT2D eigenvalue weighted by Crippen LogP contribution is -2.40. The molecule has 59 heavy (non-hydrogen) atoms. The molecular weight excluding hydrogens is 731 g/mol. The maximum Gasteiger partial charge on any atom is 0.245 e. The van der Waals surface area contributed by atoms with Gasteiger partial charge >= 0.3 is 0 Å². The smallest absolute Gasteiger partial charge is 0.245 e. The summed E-state index contributed by atoms with van der Waals surface area (Å²) in [7, 11) is 3.92. The van der Waals surface area contributed by atoms with E-state index < -0.39 is 0 Å². The van der Waals surface area contributed by atoms with Crippen LogP contribution in [0.15, 0.2) is 152 Å². The first-order valence-corrected chi connectivity index (χ1v) is 20.7. The SMILES string of the molecule is CN(C)[C@@H](C(=O)N1CCC[C@H]1c1ncc(-c2ccc(-c3ccc(-c4cnc([C@@H]5CCCN5C(=O)C(c5ccccc5)c5ccccc5)[nH]4)cc3)cc2)[nH]1)c1ccccc1. The second-order valence-corrected chi connectivity index (χ2v) is 15.9. The molecule has 0 saturated carbocycles. The second-order valence-electron chi connectivity index (χ2n) is 15.9. The number of hydrogen-bond donors (Lipinski definition) is 2. The number of aromatic amines is 2. The predicted octanol–water partition coefficient (Wildman–Crippen LogP) is 9.60. The van der Waals surface area contributed by atoms with Gasteiger partial charge in [0, 0.05) is 13.1 Å². The molecule has 2 fully saturated rings. The molecular formula is C50H49N7O2. The molecule has 7 aromatic rings. The highest BCUT2D eigenvalue weighted by atomic mass is 16.2. The van der Waals surface area contributed by atoms with E-state index in [9.17, 15) is 9.59 Å². The first-order chi connectivity index (χ1) is 28.9. The molecule has 296 valence electrons. The van der Waals surface area contributed by atoms with Gasteiger partial charge in [0.05, 0.1) is 41.8 Å². The molecule has 2 N–H and O–H groups in total. The number of hydrogen-bond acceptors (Lipinski definition) is 5. The summed E-state index contributed by atoms with van der Waals surface area (Å²) < 4.78 is 0. The lowest BCUT2D eigenvalue weighted by Gasteiger charge is -2.31. The fourth-order valence-electron chi connectivity index (χ4n) is 9.01. The van der Waals surface area contributed by atoms with Crippen LogP contribution >= 0.6 is 0 Å². The number of amides is 2. The zero-order chi connectivity index (χ0) is 40.3. The van der Waals surface area contributed by atoms with Gasteiger partial charge in [0.15, 0.2) is 0 Å². The minimum atomic E-state index is -0.368. The fraction of sp³-hybridized carbons (Fsp3) is 0.240. The summed E-state index contributed by atoms with van der Waals surface area (Å²) in [6.45, 7) is 1.42. The van der Waals surface area contributed by atoms with Gasteiger partial charge in [0.2, 0.25) is 11.8 Å². The first kappa shape index (κ1) is 38.0. The number of nitrogens with one attached hydrogen (secondary N) is 2. The third-order valence-corrected chi connectivity index (χ3v) is 12.0. The van der Waals surface area contributed by atoms with Crippen LogP contribution in [-0.4, -0.2) is 73.6 Å². The molecule has 4 heterocycles. The molecule has 0 aliphatic carbocycles. The molecule has 0 bridgehead atoms. The van der Waals surface area contributed by atoms with Crippen molar-refractivity contribution in [1.82, 2.24) is 34.6 Å². The van der Waals surface area contributed by atoms with Crippen molar-refractivity contribution in [1.29, 1.82) is 0 Å². The normalized spacial score (nSPS) is 17.2. The Balaban J connectivity index is 0.870. The lowest BCUT2D eigenvalue weighted by atomic mass is 9.90. The Bertz CT molecular complexity index is 2460. The number of rotatable bonds is 11. The van der Waals surface area contributed by atoms with Crippen molar-refractivity contribution in [3.05, 3.63) is 180 Å². The fourth-order valence-corrected chi connectivity index (χ4v) is 9.01. The Morgan fingerprint density at radius 3 is 1.36 bits per heavy atom. The Kier molecular flexibility index (Phi) is 10.8. The second kappa shape index (κ2) is 16.7. The number of nitrogens with zero attached hydrogens (tertiary/aromatic N) is 5. The molecule has 0 spiro atoms. The number of aromatic nitrogens is 4. The number of benzene rings is 5. The Labute approximate surface area is 345 Å². The Morgan fingerprint density at radius 1 is 0.542 bits per heavy atom. The van der Waals surface area contributed by atoms with E-state index in [4.69, 9.17) is 9.97 Å². The number of carbonyl (C=O) groups excluding carboxylic acids is 2. The summed E-state index contributed by atoms with van der Waals surface area (Å²) in [5.41, 5.74) is 9.16. The Morgan fingerprint density at radius 2 is 0.932 bits per heavy atom. The number of H-pyrrole nitrogens is 2. The average Bonchev–Trinajstić information content (AvgIpc) is 4.12. The Hall–Kier alpha value is -6.58. The van der Waals surface area contributed by atoms with Gasteiger partial charge in [-0.2, -0.15) is 0 Å².